The van der Waals surface area contributed by atoms with Crippen molar-refractivity contribution < 1.29 is 29.0 Å². The minimum atomic E-state index is -1.85. The average molecular weight is 474 g/mol. The van der Waals surface area contributed by atoms with Crippen molar-refractivity contribution in [1.29, 1.82) is 0 Å². The second-order valence-corrected chi connectivity index (χ2v) is 13.7. The fraction of sp³-hybridized carbons (Fsp3) is 0.815. The predicted molar refractivity (Wildman–Crippen MR) is 125 cm³/mol. The molecule has 7 heteroatoms. The Morgan fingerprint density at radius 1 is 1.12 bits per heavy atom. The third kappa shape index (κ3) is 3.21. The Morgan fingerprint density at radius 2 is 1.74 bits per heavy atom. The van der Waals surface area contributed by atoms with E-state index in [1.807, 2.05) is 20.8 Å². The van der Waals surface area contributed by atoms with Crippen LogP contribution in [0.25, 0.3) is 0 Å². The highest BCUT2D eigenvalue weighted by Crippen LogP contribution is 2.71. The number of rotatable bonds is 4. The number of carbonyl (C=O) groups excluding carboxylic acids is 3. The zero-order valence-electron chi connectivity index (χ0n) is 21.5. The molecule has 188 valence electrons. The number of ketones is 1. The number of hydrogen-bond donors (Lipinski definition) is 1. The van der Waals surface area contributed by atoms with Crippen LogP contribution < -0.4 is 0 Å². The van der Waals surface area contributed by atoms with E-state index in [0.29, 0.717) is 12.3 Å². The lowest BCUT2D eigenvalue weighted by Gasteiger charge is -2.65. The number of esters is 1. The van der Waals surface area contributed by atoms with Crippen molar-refractivity contribution in [3.8, 4) is 0 Å². The molecule has 4 atom stereocenters. The first-order chi connectivity index (χ1) is 15.7. The van der Waals surface area contributed by atoms with Crippen LogP contribution in [0.5, 0.6) is 0 Å². The Morgan fingerprint density at radius 3 is 2.26 bits per heavy atom. The number of allylic oxidation sites excluding steroid dienone is 1. The third-order valence-corrected chi connectivity index (χ3v) is 9.06. The number of aliphatic hydroxyl groups is 1. The zero-order chi connectivity index (χ0) is 24.9. The summed E-state index contributed by atoms with van der Waals surface area (Å²) in [5, 5.41) is 11.4. The Balaban J connectivity index is 1.54. The molecule has 1 N–H and O–H groups in total. The molecule has 4 saturated carbocycles. The molecule has 0 spiro atoms. The molecule has 0 aromatic heterocycles. The van der Waals surface area contributed by atoms with Crippen LogP contribution in [0.3, 0.4) is 0 Å². The molecule has 1 amide bonds. The quantitative estimate of drug-likeness (QED) is 0.215. The van der Waals surface area contributed by atoms with E-state index in [4.69, 9.17) is 9.47 Å². The molecule has 2 aliphatic heterocycles. The maximum absolute atomic E-state index is 13.8. The molecule has 34 heavy (non-hydrogen) atoms. The van der Waals surface area contributed by atoms with Gasteiger partial charge in [0.05, 0.1) is 13.2 Å². The van der Waals surface area contributed by atoms with Gasteiger partial charge in [-0.05, 0) is 67.6 Å². The van der Waals surface area contributed by atoms with Crippen LogP contribution in [0.1, 0.15) is 86.5 Å². The Bertz CT molecular complexity index is 974. The van der Waals surface area contributed by atoms with E-state index < -0.39 is 34.8 Å². The summed E-state index contributed by atoms with van der Waals surface area (Å²) in [4.78, 5) is 41.9. The first-order valence-corrected chi connectivity index (χ1v) is 12.8. The van der Waals surface area contributed by atoms with Gasteiger partial charge in [-0.2, -0.15) is 0 Å². The van der Waals surface area contributed by atoms with Crippen LogP contribution >= 0.6 is 0 Å². The van der Waals surface area contributed by atoms with Crippen LogP contribution in [0.4, 0.5) is 0 Å². The molecular formula is C27H39NO6. The lowest BCUT2D eigenvalue weighted by atomic mass is 9.40. The van der Waals surface area contributed by atoms with E-state index in [-0.39, 0.29) is 40.8 Å². The van der Waals surface area contributed by atoms with Crippen molar-refractivity contribution in [3.05, 3.63) is 11.3 Å². The van der Waals surface area contributed by atoms with Gasteiger partial charge in [0.2, 0.25) is 11.3 Å². The summed E-state index contributed by atoms with van der Waals surface area (Å²) < 4.78 is 11.1. The van der Waals surface area contributed by atoms with Crippen molar-refractivity contribution in [2.75, 3.05) is 13.2 Å². The second-order valence-electron chi connectivity index (χ2n) is 13.7. The molecule has 4 bridgehead atoms. The number of amides is 1. The zero-order valence-corrected chi connectivity index (χ0v) is 21.5. The second kappa shape index (κ2) is 7.08. The number of ether oxygens (including phenoxy) is 2. The van der Waals surface area contributed by atoms with Gasteiger partial charge in [-0.1, -0.05) is 34.6 Å². The standard InChI is InChI=1S/C27H39NO6/c1-7-33-22(32)27-15-34-21(23(2,3)4)28(27)20(31)18(19(27)30)17(29)11-26-10-16-8-24(5,13-26)12-25(6,9-16)14-26/h16,21,29H,7-15H2,1-6H3/b18-17-/t16?,21-,24?,25?,26?,27-/m1/s1. The van der Waals surface area contributed by atoms with Gasteiger partial charge in [-0.3, -0.25) is 14.5 Å². The maximum atomic E-state index is 13.8. The van der Waals surface area contributed by atoms with Crippen molar-refractivity contribution in [3.63, 3.8) is 0 Å². The smallest absolute Gasteiger partial charge is 0.342 e. The lowest BCUT2D eigenvalue weighted by molar-refractivity contribution is -0.162. The largest absolute Gasteiger partial charge is 0.511 e. The minimum absolute atomic E-state index is 0.0861. The summed E-state index contributed by atoms with van der Waals surface area (Å²) in [7, 11) is 0. The van der Waals surface area contributed by atoms with Crippen LogP contribution in [0, 0.1) is 27.6 Å². The molecule has 4 aliphatic carbocycles. The molecule has 2 saturated heterocycles. The van der Waals surface area contributed by atoms with Crippen LogP contribution in [0.2, 0.25) is 0 Å². The molecule has 6 fully saturated rings. The van der Waals surface area contributed by atoms with E-state index in [2.05, 4.69) is 13.8 Å². The molecule has 0 aromatic carbocycles. The number of hydrogen-bond acceptors (Lipinski definition) is 6. The van der Waals surface area contributed by atoms with Crippen molar-refractivity contribution in [2.45, 2.75) is 98.3 Å². The summed E-state index contributed by atoms with van der Waals surface area (Å²) >= 11 is 0. The van der Waals surface area contributed by atoms with E-state index in [9.17, 15) is 19.5 Å². The Hall–Kier alpha value is -1.89. The van der Waals surface area contributed by atoms with E-state index in [1.165, 1.54) is 24.2 Å². The van der Waals surface area contributed by atoms with Gasteiger partial charge in [0.1, 0.15) is 17.6 Å². The number of fused-ring (bicyclic) bond motifs is 1. The topological polar surface area (TPSA) is 93.1 Å². The van der Waals surface area contributed by atoms with E-state index in [0.717, 1.165) is 19.3 Å². The first-order valence-electron chi connectivity index (χ1n) is 12.8. The lowest BCUT2D eigenvalue weighted by Crippen LogP contribution is -2.58. The minimum Gasteiger partial charge on any atom is -0.511 e. The molecule has 2 heterocycles. The predicted octanol–water partition coefficient (Wildman–Crippen LogP) is 4.30. The highest BCUT2D eigenvalue weighted by Gasteiger charge is 2.70. The normalized spacial score (nSPS) is 44.6. The molecule has 0 radical (unpaired) electrons. The van der Waals surface area contributed by atoms with Gasteiger partial charge in [-0.25, -0.2) is 4.79 Å². The van der Waals surface area contributed by atoms with Crippen LogP contribution in [0.15, 0.2) is 11.3 Å². The van der Waals surface area contributed by atoms with E-state index in [1.54, 1.807) is 6.92 Å². The third-order valence-electron chi connectivity index (χ3n) is 9.06. The van der Waals surface area contributed by atoms with Gasteiger partial charge in [0.15, 0.2) is 0 Å². The Kier molecular flexibility index (Phi) is 4.96. The van der Waals surface area contributed by atoms with Gasteiger partial charge in [-0.15, -0.1) is 0 Å². The average Bonchev–Trinajstić information content (AvgIpc) is 3.15. The molecule has 6 aliphatic rings. The van der Waals surface area contributed by atoms with Crippen LogP contribution in [-0.2, 0) is 23.9 Å². The SMILES string of the molecule is CCOC(=O)[C@]12CO[C@H](C(C)(C)C)N1C(=O)/C(=C(\O)CC13CC4CC(C)(CC(C)(C4)C1)C3)C2=O. The fourth-order valence-electron chi connectivity index (χ4n) is 9.14. The molecule has 0 aromatic rings. The summed E-state index contributed by atoms with van der Waals surface area (Å²) in [6.07, 6.45) is 6.24. The van der Waals surface area contributed by atoms with Crippen molar-refractivity contribution >= 4 is 17.7 Å². The number of Topliss-reactive ketones (excluding diaryl/α,β-unsaturated/α-hetero) is 1. The molecular weight excluding hydrogens is 434 g/mol. The van der Waals surface area contributed by atoms with Gasteiger partial charge < -0.3 is 14.6 Å². The number of nitrogens with zero attached hydrogens (tertiary/aromatic N) is 1. The molecule has 2 unspecified atom stereocenters. The molecule has 7 nitrogen and oxygen atoms in total. The first kappa shape index (κ1) is 23.8. The van der Waals surface area contributed by atoms with Crippen molar-refractivity contribution in [1.82, 2.24) is 4.90 Å². The number of aliphatic hydroxyl groups excluding tert-OH is 1. The van der Waals surface area contributed by atoms with Crippen molar-refractivity contribution in [2.24, 2.45) is 27.6 Å². The summed E-state index contributed by atoms with van der Waals surface area (Å²) in [5.74, 6) is -1.60. The molecule has 6 rings (SSSR count). The summed E-state index contributed by atoms with van der Waals surface area (Å²) in [6, 6.07) is 0. The summed E-state index contributed by atoms with van der Waals surface area (Å²) in [6.45, 7) is 11.9. The number of carbonyl (C=O) groups is 3. The van der Waals surface area contributed by atoms with Gasteiger partial charge in [0.25, 0.3) is 5.91 Å². The van der Waals surface area contributed by atoms with Crippen LogP contribution in [-0.4, -0.2) is 52.6 Å². The van der Waals surface area contributed by atoms with Gasteiger partial charge in [0, 0.05) is 11.8 Å². The van der Waals surface area contributed by atoms with Gasteiger partial charge >= 0.3 is 5.97 Å². The summed E-state index contributed by atoms with van der Waals surface area (Å²) in [5.41, 5.74) is -2.23. The highest BCUT2D eigenvalue weighted by atomic mass is 16.6. The highest BCUT2D eigenvalue weighted by molar-refractivity contribution is 6.35. The monoisotopic (exact) mass is 473 g/mol. The maximum Gasteiger partial charge on any atom is 0.342 e. The Labute approximate surface area is 202 Å². The van der Waals surface area contributed by atoms with E-state index >= 15 is 0 Å². The fourth-order valence-corrected chi connectivity index (χ4v) is 9.14.